The molecule has 0 bridgehead atoms. The van der Waals surface area contributed by atoms with Crippen molar-refractivity contribution in [1.29, 1.82) is 0 Å². The van der Waals surface area contributed by atoms with Crippen LogP contribution in [0.25, 0.3) is 0 Å². The van der Waals surface area contributed by atoms with Gasteiger partial charge in [0.25, 0.3) is 0 Å². The molecule has 17 heavy (non-hydrogen) atoms. The zero-order valence-electron chi connectivity index (χ0n) is 9.15. The summed E-state index contributed by atoms with van der Waals surface area (Å²) in [5, 5.41) is 4.01. The first-order valence-corrected chi connectivity index (χ1v) is 5.57. The molecule has 1 aromatic heterocycles. The van der Waals surface area contributed by atoms with Crippen molar-refractivity contribution >= 4 is 23.1 Å². The highest BCUT2D eigenvalue weighted by atomic mass is 35.5. The molecule has 0 aliphatic heterocycles. The van der Waals surface area contributed by atoms with Gasteiger partial charge in [-0.2, -0.15) is 0 Å². The van der Waals surface area contributed by atoms with Crippen LogP contribution in [0.5, 0.6) is 0 Å². The van der Waals surface area contributed by atoms with Gasteiger partial charge in [-0.15, -0.1) is 0 Å². The molecule has 0 amide bonds. The van der Waals surface area contributed by atoms with E-state index in [4.69, 9.17) is 17.4 Å². The number of nitrogens with one attached hydrogen (secondary N) is 2. The molecule has 88 valence electrons. The zero-order chi connectivity index (χ0) is 12.1. The molecule has 2 aromatic rings. The van der Waals surface area contributed by atoms with Crippen molar-refractivity contribution in [3.05, 3.63) is 53.2 Å². The molecule has 2 rings (SSSR count). The summed E-state index contributed by atoms with van der Waals surface area (Å²) < 4.78 is 0. The van der Waals surface area contributed by atoms with E-state index in [1.165, 1.54) is 0 Å². The highest BCUT2D eigenvalue weighted by molar-refractivity contribution is 6.31. The van der Waals surface area contributed by atoms with E-state index in [-0.39, 0.29) is 0 Å². The third-order valence-corrected chi connectivity index (χ3v) is 2.72. The highest BCUT2D eigenvalue weighted by Gasteiger charge is 1.99. The molecule has 0 aliphatic rings. The Morgan fingerprint density at radius 3 is 2.82 bits per heavy atom. The number of pyridine rings is 1. The largest absolute Gasteiger partial charge is 0.381 e. The normalized spacial score (nSPS) is 10.0. The van der Waals surface area contributed by atoms with Gasteiger partial charge in [0.1, 0.15) is 5.82 Å². The molecule has 0 radical (unpaired) electrons. The summed E-state index contributed by atoms with van der Waals surface area (Å²) in [6.45, 7) is 0.660. The fourth-order valence-corrected chi connectivity index (χ4v) is 1.66. The van der Waals surface area contributed by atoms with Gasteiger partial charge in [0.05, 0.1) is 0 Å². The number of nitrogen functional groups attached to an aromatic ring is 1. The second-order valence-corrected chi connectivity index (χ2v) is 3.93. The van der Waals surface area contributed by atoms with E-state index in [1.807, 2.05) is 36.4 Å². The van der Waals surface area contributed by atoms with Crippen molar-refractivity contribution in [2.45, 2.75) is 6.54 Å². The summed E-state index contributed by atoms with van der Waals surface area (Å²) in [6.07, 6.45) is 1.68. The van der Waals surface area contributed by atoms with E-state index in [2.05, 4.69) is 15.7 Å². The molecule has 4 N–H and O–H groups in total. The number of hydrazine groups is 1. The van der Waals surface area contributed by atoms with Crippen LogP contribution in [0.2, 0.25) is 5.02 Å². The van der Waals surface area contributed by atoms with Crippen LogP contribution in [0, 0.1) is 0 Å². The number of nitrogens with two attached hydrogens (primary N) is 1. The molecule has 4 nitrogen and oxygen atoms in total. The molecule has 0 unspecified atom stereocenters. The first-order chi connectivity index (χ1) is 8.29. The van der Waals surface area contributed by atoms with E-state index in [0.29, 0.717) is 12.4 Å². The van der Waals surface area contributed by atoms with Gasteiger partial charge in [0.15, 0.2) is 0 Å². The van der Waals surface area contributed by atoms with Gasteiger partial charge >= 0.3 is 0 Å². The Morgan fingerprint density at radius 1 is 1.24 bits per heavy atom. The second kappa shape index (κ2) is 5.52. The first-order valence-electron chi connectivity index (χ1n) is 5.19. The summed E-state index contributed by atoms with van der Waals surface area (Å²) in [7, 11) is 0. The predicted octanol–water partition coefficient (Wildman–Crippen LogP) is 2.63. The maximum absolute atomic E-state index is 6.06. The monoisotopic (exact) mass is 248 g/mol. The van der Waals surface area contributed by atoms with E-state index >= 15 is 0 Å². The lowest BCUT2D eigenvalue weighted by Gasteiger charge is -2.08. The fourth-order valence-electron chi connectivity index (χ4n) is 1.46. The Bertz CT molecular complexity index is 501. The number of halogens is 1. The standard InChI is InChI=1S/C12H13ClN4/c13-11-4-2-1-3-9(11)8-16-10-5-6-15-12(7-10)17-14/h1-7H,8,14H2,(H2,15,16,17). The van der Waals surface area contributed by atoms with E-state index in [9.17, 15) is 0 Å². The van der Waals surface area contributed by atoms with Crippen LogP contribution in [0.3, 0.4) is 0 Å². The maximum atomic E-state index is 6.06. The lowest BCUT2D eigenvalue weighted by molar-refractivity contribution is 1.14. The quantitative estimate of drug-likeness (QED) is 0.575. The van der Waals surface area contributed by atoms with Crippen LogP contribution in [0.1, 0.15) is 5.56 Å². The Morgan fingerprint density at radius 2 is 2.06 bits per heavy atom. The number of aromatic nitrogens is 1. The van der Waals surface area contributed by atoms with Crippen molar-refractivity contribution in [2.24, 2.45) is 5.84 Å². The Labute approximate surface area is 105 Å². The molecule has 0 atom stereocenters. The Kier molecular flexibility index (Phi) is 3.80. The number of rotatable bonds is 4. The molecule has 0 saturated carbocycles. The van der Waals surface area contributed by atoms with Gasteiger partial charge in [-0.25, -0.2) is 10.8 Å². The predicted molar refractivity (Wildman–Crippen MR) is 70.8 cm³/mol. The van der Waals surface area contributed by atoms with E-state index < -0.39 is 0 Å². The van der Waals surface area contributed by atoms with Gasteiger partial charge in [0, 0.05) is 29.5 Å². The van der Waals surface area contributed by atoms with Gasteiger partial charge < -0.3 is 10.7 Å². The summed E-state index contributed by atoms with van der Waals surface area (Å²) in [5.41, 5.74) is 4.49. The third kappa shape index (κ3) is 3.09. The zero-order valence-corrected chi connectivity index (χ0v) is 9.91. The summed E-state index contributed by atoms with van der Waals surface area (Å²) in [5.74, 6) is 5.91. The number of anilines is 2. The lowest BCUT2D eigenvalue weighted by Crippen LogP contribution is -2.09. The minimum absolute atomic E-state index is 0.620. The third-order valence-electron chi connectivity index (χ3n) is 2.35. The molecular weight excluding hydrogens is 236 g/mol. The molecule has 0 spiro atoms. The average molecular weight is 249 g/mol. The summed E-state index contributed by atoms with van der Waals surface area (Å²) >= 11 is 6.06. The van der Waals surface area contributed by atoms with Crippen LogP contribution in [-0.2, 0) is 6.54 Å². The van der Waals surface area contributed by atoms with Crippen LogP contribution >= 0.6 is 11.6 Å². The van der Waals surface area contributed by atoms with Crippen molar-refractivity contribution in [3.63, 3.8) is 0 Å². The van der Waals surface area contributed by atoms with Crippen molar-refractivity contribution in [2.75, 3.05) is 10.7 Å². The SMILES string of the molecule is NNc1cc(NCc2ccccc2Cl)ccn1. The Hall–Kier alpha value is -1.78. The topological polar surface area (TPSA) is 63.0 Å². The first kappa shape index (κ1) is 11.7. The molecule has 0 saturated heterocycles. The minimum Gasteiger partial charge on any atom is -0.381 e. The molecule has 1 heterocycles. The molecule has 0 aliphatic carbocycles. The number of hydrogen-bond acceptors (Lipinski definition) is 4. The molecular formula is C12H13ClN4. The van der Waals surface area contributed by atoms with Crippen LogP contribution in [0.15, 0.2) is 42.6 Å². The van der Waals surface area contributed by atoms with Gasteiger partial charge in [0.2, 0.25) is 0 Å². The van der Waals surface area contributed by atoms with Gasteiger partial charge in [-0.3, -0.25) is 0 Å². The maximum Gasteiger partial charge on any atom is 0.141 e. The van der Waals surface area contributed by atoms with Crippen molar-refractivity contribution < 1.29 is 0 Å². The molecule has 0 fully saturated rings. The molecule has 5 heteroatoms. The number of nitrogens with zero attached hydrogens (tertiary/aromatic N) is 1. The lowest BCUT2D eigenvalue weighted by atomic mass is 10.2. The number of benzene rings is 1. The van der Waals surface area contributed by atoms with Crippen LogP contribution in [0.4, 0.5) is 11.5 Å². The molecule has 1 aromatic carbocycles. The Balaban J connectivity index is 2.05. The second-order valence-electron chi connectivity index (χ2n) is 3.52. The minimum atomic E-state index is 0.620. The van der Waals surface area contributed by atoms with Crippen molar-refractivity contribution in [1.82, 2.24) is 4.98 Å². The number of hydrogen-bond donors (Lipinski definition) is 3. The highest BCUT2D eigenvalue weighted by Crippen LogP contribution is 2.17. The van der Waals surface area contributed by atoms with Crippen LogP contribution < -0.4 is 16.6 Å². The van der Waals surface area contributed by atoms with Crippen molar-refractivity contribution in [3.8, 4) is 0 Å². The van der Waals surface area contributed by atoms with Crippen LogP contribution in [-0.4, -0.2) is 4.98 Å². The smallest absolute Gasteiger partial charge is 0.141 e. The van der Waals surface area contributed by atoms with E-state index in [1.54, 1.807) is 6.20 Å². The van der Waals surface area contributed by atoms with E-state index in [0.717, 1.165) is 16.3 Å². The van der Waals surface area contributed by atoms with Gasteiger partial charge in [-0.05, 0) is 17.7 Å². The summed E-state index contributed by atoms with van der Waals surface area (Å²) in [6, 6.07) is 11.4. The average Bonchev–Trinajstić information content (AvgIpc) is 2.38. The fraction of sp³-hybridized carbons (Fsp3) is 0.0833. The summed E-state index contributed by atoms with van der Waals surface area (Å²) in [4.78, 5) is 4.03. The van der Waals surface area contributed by atoms with Gasteiger partial charge in [-0.1, -0.05) is 29.8 Å².